The maximum absolute atomic E-state index is 11.2. The molecule has 0 radical (unpaired) electrons. The fourth-order valence-corrected chi connectivity index (χ4v) is 2.10. The van der Waals surface area contributed by atoms with E-state index in [1.54, 1.807) is 24.4 Å². The highest BCUT2D eigenvalue weighted by atomic mass is 16.4. The van der Waals surface area contributed by atoms with Crippen LogP contribution in [-0.4, -0.2) is 32.1 Å². The number of carbonyl (C=O) groups is 2. The summed E-state index contributed by atoms with van der Waals surface area (Å²) < 4.78 is 0. The summed E-state index contributed by atoms with van der Waals surface area (Å²) in [7, 11) is 0. The van der Waals surface area contributed by atoms with Crippen LogP contribution in [0.5, 0.6) is 0 Å². The minimum Gasteiger partial charge on any atom is -0.478 e. The Bertz CT molecular complexity index is 874. The van der Waals surface area contributed by atoms with E-state index in [0.717, 1.165) is 5.39 Å². The fourth-order valence-electron chi connectivity index (χ4n) is 2.10. The van der Waals surface area contributed by atoms with Gasteiger partial charge in [0.15, 0.2) is 5.69 Å². The van der Waals surface area contributed by atoms with Crippen LogP contribution in [0.3, 0.4) is 0 Å². The first-order valence-corrected chi connectivity index (χ1v) is 5.73. The van der Waals surface area contributed by atoms with Crippen LogP contribution in [0.4, 0.5) is 0 Å². The lowest BCUT2D eigenvalue weighted by Gasteiger charge is -2.06. The molecule has 0 aliphatic heterocycles. The second-order valence-corrected chi connectivity index (χ2v) is 4.21. The van der Waals surface area contributed by atoms with Crippen molar-refractivity contribution in [3.8, 4) is 0 Å². The monoisotopic (exact) mass is 268 g/mol. The molecule has 0 spiro atoms. The van der Waals surface area contributed by atoms with Gasteiger partial charge in [-0.3, -0.25) is 4.98 Å². The number of pyridine rings is 2. The summed E-state index contributed by atoms with van der Waals surface area (Å²) in [5.74, 6) is -2.70. The Morgan fingerprint density at radius 1 is 0.950 bits per heavy atom. The second-order valence-electron chi connectivity index (χ2n) is 4.21. The Balaban J connectivity index is 2.48. The maximum atomic E-state index is 11.2. The van der Waals surface area contributed by atoms with Crippen LogP contribution in [0.2, 0.25) is 0 Å². The molecule has 3 aromatic rings. The third-order valence-electron chi connectivity index (χ3n) is 2.99. The molecule has 98 valence electrons. The molecule has 0 aliphatic carbocycles. The van der Waals surface area contributed by atoms with E-state index >= 15 is 0 Å². The first kappa shape index (κ1) is 12.0. The summed E-state index contributed by atoms with van der Waals surface area (Å²) in [6.45, 7) is 0. The van der Waals surface area contributed by atoms with Gasteiger partial charge < -0.3 is 10.2 Å². The first-order chi connectivity index (χ1) is 9.58. The number of nitrogens with zero attached hydrogens (tertiary/aromatic N) is 2. The molecule has 0 bridgehead atoms. The summed E-state index contributed by atoms with van der Waals surface area (Å²) in [4.78, 5) is 30.4. The molecule has 2 heterocycles. The number of aromatic nitrogens is 2. The quantitative estimate of drug-likeness (QED) is 0.691. The fraction of sp³-hybridized carbons (Fsp3) is 0. The molecule has 2 aromatic heterocycles. The summed E-state index contributed by atoms with van der Waals surface area (Å²) in [5, 5.41) is 19.5. The molecule has 1 aromatic carbocycles. The largest absolute Gasteiger partial charge is 0.478 e. The SMILES string of the molecule is O=C(O)c1cc2ccc3cccnc3c2nc1C(=O)O. The molecular weight excluding hydrogens is 260 g/mol. The van der Waals surface area contributed by atoms with Gasteiger partial charge >= 0.3 is 11.9 Å². The average Bonchev–Trinajstić information content (AvgIpc) is 2.45. The molecule has 6 heteroatoms. The van der Waals surface area contributed by atoms with Crippen molar-refractivity contribution >= 4 is 33.7 Å². The number of fused-ring (bicyclic) bond motifs is 3. The number of aromatic carboxylic acids is 2. The third-order valence-corrected chi connectivity index (χ3v) is 2.99. The lowest BCUT2D eigenvalue weighted by Crippen LogP contribution is -2.10. The summed E-state index contributed by atoms with van der Waals surface area (Å²) in [6.07, 6.45) is 1.58. The van der Waals surface area contributed by atoms with E-state index in [1.807, 2.05) is 6.07 Å². The zero-order valence-electron chi connectivity index (χ0n) is 10.1. The number of carboxylic acid groups (broad SMARTS) is 2. The van der Waals surface area contributed by atoms with Crippen LogP contribution in [0.15, 0.2) is 36.5 Å². The number of carboxylic acids is 2. The molecule has 0 atom stereocenters. The second kappa shape index (κ2) is 4.27. The molecule has 20 heavy (non-hydrogen) atoms. The van der Waals surface area contributed by atoms with E-state index in [1.165, 1.54) is 6.07 Å². The van der Waals surface area contributed by atoms with Crippen LogP contribution in [0, 0.1) is 0 Å². The molecule has 3 rings (SSSR count). The normalized spacial score (nSPS) is 10.8. The van der Waals surface area contributed by atoms with Gasteiger partial charge in [-0.1, -0.05) is 18.2 Å². The lowest BCUT2D eigenvalue weighted by molar-refractivity contribution is 0.0647. The van der Waals surface area contributed by atoms with E-state index in [9.17, 15) is 9.59 Å². The van der Waals surface area contributed by atoms with Crippen LogP contribution >= 0.6 is 0 Å². The molecule has 0 saturated carbocycles. The molecule has 6 nitrogen and oxygen atoms in total. The van der Waals surface area contributed by atoms with Gasteiger partial charge in [0.05, 0.1) is 16.6 Å². The maximum Gasteiger partial charge on any atom is 0.355 e. The highest BCUT2D eigenvalue weighted by molar-refractivity contribution is 6.08. The van der Waals surface area contributed by atoms with Crippen molar-refractivity contribution in [2.24, 2.45) is 0 Å². The van der Waals surface area contributed by atoms with Crippen LogP contribution < -0.4 is 0 Å². The summed E-state index contributed by atoms with van der Waals surface area (Å²) in [6, 6.07) is 8.39. The lowest BCUT2D eigenvalue weighted by atomic mass is 10.1. The highest BCUT2D eigenvalue weighted by Gasteiger charge is 2.19. The van der Waals surface area contributed by atoms with E-state index in [2.05, 4.69) is 9.97 Å². The highest BCUT2D eigenvalue weighted by Crippen LogP contribution is 2.24. The number of benzene rings is 1. The standard InChI is InChI=1S/C14H8N2O4/c17-13(18)9-6-8-4-3-7-2-1-5-15-10(7)11(8)16-12(9)14(19)20/h1-6H,(H,17,18)(H,19,20). The van der Waals surface area contributed by atoms with Gasteiger partial charge in [0.2, 0.25) is 0 Å². The van der Waals surface area contributed by atoms with Gasteiger partial charge in [-0.15, -0.1) is 0 Å². The minimum atomic E-state index is -1.38. The Labute approximate surface area is 112 Å². The van der Waals surface area contributed by atoms with E-state index in [0.29, 0.717) is 16.4 Å². The number of hydrogen-bond acceptors (Lipinski definition) is 4. The van der Waals surface area contributed by atoms with E-state index < -0.39 is 17.6 Å². The van der Waals surface area contributed by atoms with Gasteiger partial charge in [-0.2, -0.15) is 0 Å². The predicted octanol–water partition coefficient (Wildman–Crippen LogP) is 2.18. The van der Waals surface area contributed by atoms with Gasteiger partial charge in [-0.05, 0) is 12.1 Å². The van der Waals surface area contributed by atoms with E-state index in [-0.39, 0.29) is 5.56 Å². The molecule has 0 saturated heterocycles. The number of hydrogen-bond donors (Lipinski definition) is 2. The predicted molar refractivity (Wildman–Crippen MR) is 71.0 cm³/mol. The molecule has 0 unspecified atom stereocenters. The van der Waals surface area contributed by atoms with Crippen molar-refractivity contribution in [2.45, 2.75) is 0 Å². The summed E-state index contributed by atoms with van der Waals surface area (Å²) >= 11 is 0. The van der Waals surface area contributed by atoms with Gasteiger partial charge in [0.25, 0.3) is 0 Å². The molecule has 2 N–H and O–H groups in total. The third kappa shape index (κ3) is 1.74. The number of rotatable bonds is 2. The van der Waals surface area contributed by atoms with Gasteiger partial charge in [-0.25, -0.2) is 14.6 Å². The van der Waals surface area contributed by atoms with Crippen molar-refractivity contribution < 1.29 is 19.8 Å². The topological polar surface area (TPSA) is 100 Å². The van der Waals surface area contributed by atoms with Crippen molar-refractivity contribution in [1.82, 2.24) is 9.97 Å². The zero-order chi connectivity index (χ0) is 14.3. The van der Waals surface area contributed by atoms with Crippen molar-refractivity contribution in [3.05, 3.63) is 47.8 Å². The minimum absolute atomic E-state index is 0.333. The smallest absolute Gasteiger partial charge is 0.355 e. The molecule has 0 fully saturated rings. The summed E-state index contributed by atoms with van der Waals surface area (Å²) in [5.41, 5.74) is 0.110. The zero-order valence-corrected chi connectivity index (χ0v) is 10.1. The van der Waals surface area contributed by atoms with Crippen LogP contribution in [0.25, 0.3) is 21.8 Å². The van der Waals surface area contributed by atoms with Crippen molar-refractivity contribution in [2.75, 3.05) is 0 Å². The Kier molecular flexibility index (Phi) is 2.57. The average molecular weight is 268 g/mol. The van der Waals surface area contributed by atoms with Gasteiger partial charge in [0.1, 0.15) is 0 Å². The van der Waals surface area contributed by atoms with Crippen LogP contribution in [0.1, 0.15) is 20.8 Å². The first-order valence-electron chi connectivity index (χ1n) is 5.73. The Morgan fingerprint density at radius 3 is 2.40 bits per heavy atom. The Morgan fingerprint density at radius 2 is 1.70 bits per heavy atom. The van der Waals surface area contributed by atoms with Crippen molar-refractivity contribution in [3.63, 3.8) is 0 Å². The molecule has 0 amide bonds. The molecular formula is C14H8N2O4. The van der Waals surface area contributed by atoms with E-state index in [4.69, 9.17) is 10.2 Å². The van der Waals surface area contributed by atoms with Crippen molar-refractivity contribution in [1.29, 1.82) is 0 Å². The van der Waals surface area contributed by atoms with Crippen LogP contribution in [-0.2, 0) is 0 Å². The Hall–Kier alpha value is -3.02. The van der Waals surface area contributed by atoms with Gasteiger partial charge in [0, 0.05) is 17.0 Å². The molecule has 0 aliphatic rings.